The molecule has 94 valence electrons. The fraction of sp³-hybridized carbons (Fsp3) is 0.455. The largest absolute Gasteiger partial charge is 0.481 e. The Morgan fingerprint density at radius 2 is 2.24 bits per heavy atom. The molecule has 5 nitrogen and oxygen atoms in total. The highest BCUT2D eigenvalue weighted by Crippen LogP contribution is 2.15. The molecule has 0 aliphatic carbocycles. The van der Waals surface area contributed by atoms with Crippen LogP contribution in [-0.4, -0.2) is 38.3 Å². The van der Waals surface area contributed by atoms with Crippen molar-refractivity contribution in [1.82, 2.24) is 10.3 Å². The molecule has 1 aromatic heterocycles. The van der Waals surface area contributed by atoms with Crippen LogP contribution in [0.4, 0.5) is 0 Å². The van der Waals surface area contributed by atoms with E-state index in [9.17, 15) is 4.79 Å². The number of rotatable bonds is 6. The van der Waals surface area contributed by atoms with Crippen LogP contribution in [-0.2, 0) is 4.74 Å². The summed E-state index contributed by atoms with van der Waals surface area (Å²) in [7, 11) is 3.09. The maximum Gasteiger partial charge on any atom is 0.251 e. The number of hydrogen-bond acceptors (Lipinski definition) is 4. The number of carbonyl (C=O) groups excluding carboxylic acids is 1. The number of hydrogen-bond donors (Lipinski definition) is 1. The van der Waals surface area contributed by atoms with Crippen LogP contribution in [0.1, 0.15) is 16.8 Å². The highest BCUT2D eigenvalue weighted by Gasteiger charge is 2.08. The number of aromatic nitrogens is 1. The fourth-order valence-electron chi connectivity index (χ4n) is 1.23. The van der Waals surface area contributed by atoms with Gasteiger partial charge in [0.25, 0.3) is 5.91 Å². The summed E-state index contributed by atoms with van der Waals surface area (Å²) in [6.45, 7) is 1.16. The number of amides is 1. The quantitative estimate of drug-likeness (QED) is 0.621. The van der Waals surface area contributed by atoms with Gasteiger partial charge in [-0.05, 0) is 12.5 Å². The minimum atomic E-state index is -0.205. The first kappa shape index (κ1) is 13.7. The highest BCUT2D eigenvalue weighted by atomic mass is 35.5. The van der Waals surface area contributed by atoms with Crippen LogP contribution in [0.2, 0.25) is 5.15 Å². The summed E-state index contributed by atoms with van der Waals surface area (Å²) in [4.78, 5) is 15.6. The van der Waals surface area contributed by atoms with E-state index in [0.29, 0.717) is 24.6 Å². The number of nitrogens with one attached hydrogen (secondary N) is 1. The van der Waals surface area contributed by atoms with Crippen molar-refractivity contribution in [3.63, 3.8) is 0 Å². The van der Waals surface area contributed by atoms with E-state index >= 15 is 0 Å². The third-order valence-corrected chi connectivity index (χ3v) is 2.25. The van der Waals surface area contributed by atoms with E-state index in [2.05, 4.69) is 10.3 Å². The van der Waals surface area contributed by atoms with Crippen molar-refractivity contribution in [1.29, 1.82) is 0 Å². The van der Waals surface area contributed by atoms with Crippen molar-refractivity contribution >= 4 is 17.5 Å². The van der Waals surface area contributed by atoms with Gasteiger partial charge in [-0.25, -0.2) is 4.98 Å². The molecule has 1 rings (SSSR count). The normalized spacial score (nSPS) is 10.1. The Hall–Kier alpha value is -1.33. The fourth-order valence-corrected chi connectivity index (χ4v) is 1.43. The Balaban J connectivity index is 2.59. The van der Waals surface area contributed by atoms with E-state index in [1.54, 1.807) is 7.11 Å². The van der Waals surface area contributed by atoms with E-state index in [0.717, 1.165) is 6.42 Å². The summed E-state index contributed by atoms with van der Waals surface area (Å²) in [5, 5.41) is 2.98. The second kappa shape index (κ2) is 7.09. The third kappa shape index (κ3) is 4.58. The molecule has 0 bridgehead atoms. The number of ether oxygens (including phenoxy) is 2. The van der Waals surface area contributed by atoms with Gasteiger partial charge in [-0.15, -0.1) is 0 Å². The predicted molar refractivity (Wildman–Crippen MR) is 64.6 cm³/mol. The summed E-state index contributed by atoms with van der Waals surface area (Å²) in [6.07, 6.45) is 0.762. The average molecular weight is 259 g/mol. The Labute approximate surface area is 105 Å². The topological polar surface area (TPSA) is 60.5 Å². The van der Waals surface area contributed by atoms with Crippen LogP contribution in [0.25, 0.3) is 0 Å². The molecule has 0 spiro atoms. The van der Waals surface area contributed by atoms with Crippen LogP contribution in [0, 0.1) is 0 Å². The molecule has 0 aromatic carbocycles. The first-order chi connectivity index (χ1) is 8.17. The number of halogens is 1. The van der Waals surface area contributed by atoms with Gasteiger partial charge in [0.2, 0.25) is 5.88 Å². The third-order valence-electron chi connectivity index (χ3n) is 2.05. The van der Waals surface area contributed by atoms with Crippen molar-refractivity contribution in [3.05, 3.63) is 22.8 Å². The average Bonchev–Trinajstić information content (AvgIpc) is 2.33. The lowest BCUT2D eigenvalue weighted by molar-refractivity contribution is 0.0948. The lowest BCUT2D eigenvalue weighted by Crippen LogP contribution is -2.25. The minimum Gasteiger partial charge on any atom is -0.481 e. The molecule has 0 unspecified atom stereocenters. The van der Waals surface area contributed by atoms with E-state index in [4.69, 9.17) is 21.1 Å². The van der Waals surface area contributed by atoms with E-state index in [-0.39, 0.29) is 11.1 Å². The molecule has 1 amide bonds. The number of carbonyl (C=O) groups is 1. The van der Waals surface area contributed by atoms with E-state index in [1.165, 1.54) is 19.2 Å². The van der Waals surface area contributed by atoms with Crippen LogP contribution in [0.5, 0.6) is 5.88 Å². The van der Waals surface area contributed by atoms with Crippen molar-refractivity contribution in [2.45, 2.75) is 6.42 Å². The van der Waals surface area contributed by atoms with E-state index < -0.39 is 0 Å². The summed E-state index contributed by atoms with van der Waals surface area (Å²) in [5.41, 5.74) is 0.430. The lowest BCUT2D eigenvalue weighted by Gasteiger charge is -2.06. The molecule has 1 N–H and O–H groups in total. The Kier molecular flexibility index (Phi) is 5.72. The zero-order valence-corrected chi connectivity index (χ0v) is 10.6. The maximum absolute atomic E-state index is 11.7. The number of nitrogens with zero attached hydrogens (tertiary/aromatic N) is 1. The zero-order chi connectivity index (χ0) is 12.7. The second-order valence-corrected chi connectivity index (χ2v) is 3.71. The smallest absolute Gasteiger partial charge is 0.251 e. The summed E-state index contributed by atoms with van der Waals surface area (Å²) in [6, 6.07) is 3.03. The standard InChI is InChI=1S/C11H15ClN2O3/c1-16-5-3-4-13-11(15)8-6-9(12)14-10(7-8)17-2/h6-7H,3-5H2,1-2H3,(H,13,15). The lowest BCUT2D eigenvalue weighted by atomic mass is 10.2. The molecule has 1 heterocycles. The molecule has 0 saturated carbocycles. The molecule has 0 fully saturated rings. The van der Waals surface area contributed by atoms with Gasteiger partial charge in [-0.2, -0.15) is 0 Å². The van der Waals surface area contributed by atoms with Crippen molar-refractivity contribution in [3.8, 4) is 5.88 Å². The Morgan fingerprint density at radius 1 is 1.47 bits per heavy atom. The van der Waals surface area contributed by atoms with Gasteiger partial charge in [0.15, 0.2) is 0 Å². The number of pyridine rings is 1. The van der Waals surface area contributed by atoms with E-state index in [1.807, 2.05) is 0 Å². The molecule has 6 heteroatoms. The Bertz CT molecular complexity index is 385. The van der Waals surface area contributed by atoms with Gasteiger partial charge in [-0.1, -0.05) is 11.6 Å². The molecular weight excluding hydrogens is 244 g/mol. The van der Waals surface area contributed by atoms with Gasteiger partial charge in [0.05, 0.1) is 7.11 Å². The highest BCUT2D eigenvalue weighted by molar-refractivity contribution is 6.29. The van der Waals surface area contributed by atoms with Crippen molar-refractivity contribution in [2.24, 2.45) is 0 Å². The van der Waals surface area contributed by atoms with Crippen molar-refractivity contribution < 1.29 is 14.3 Å². The van der Waals surface area contributed by atoms with Crippen LogP contribution in [0.15, 0.2) is 12.1 Å². The molecule has 1 aromatic rings. The van der Waals surface area contributed by atoms with Crippen LogP contribution < -0.4 is 10.1 Å². The second-order valence-electron chi connectivity index (χ2n) is 3.32. The van der Waals surface area contributed by atoms with Gasteiger partial charge < -0.3 is 14.8 Å². The Morgan fingerprint density at radius 3 is 2.88 bits per heavy atom. The van der Waals surface area contributed by atoms with Crippen LogP contribution in [0.3, 0.4) is 0 Å². The zero-order valence-electron chi connectivity index (χ0n) is 9.83. The summed E-state index contributed by atoms with van der Waals surface area (Å²) in [5.74, 6) is 0.114. The molecule has 0 atom stereocenters. The monoisotopic (exact) mass is 258 g/mol. The predicted octanol–water partition coefficient (Wildman–Crippen LogP) is 1.51. The molecule has 0 aliphatic heterocycles. The van der Waals surface area contributed by atoms with Gasteiger partial charge in [0, 0.05) is 31.9 Å². The SMILES string of the molecule is COCCCNC(=O)c1cc(Cl)nc(OC)c1. The molecule has 0 saturated heterocycles. The molecule has 0 radical (unpaired) electrons. The maximum atomic E-state index is 11.7. The summed E-state index contributed by atoms with van der Waals surface area (Å²) < 4.78 is 9.82. The molecular formula is C11H15ClN2O3. The first-order valence-electron chi connectivity index (χ1n) is 5.16. The molecule has 0 aliphatic rings. The van der Waals surface area contributed by atoms with Gasteiger partial charge in [0.1, 0.15) is 5.15 Å². The summed E-state index contributed by atoms with van der Waals surface area (Å²) >= 11 is 5.77. The van der Waals surface area contributed by atoms with Crippen LogP contribution >= 0.6 is 11.6 Å². The van der Waals surface area contributed by atoms with Gasteiger partial charge in [-0.3, -0.25) is 4.79 Å². The molecule has 17 heavy (non-hydrogen) atoms. The van der Waals surface area contributed by atoms with Gasteiger partial charge >= 0.3 is 0 Å². The van der Waals surface area contributed by atoms with Crippen molar-refractivity contribution in [2.75, 3.05) is 27.4 Å². The minimum absolute atomic E-state index is 0.205. The first-order valence-corrected chi connectivity index (χ1v) is 5.54. The number of methoxy groups -OCH3 is 2.